The fourth-order valence-corrected chi connectivity index (χ4v) is 25.5. The van der Waals surface area contributed by atoms with Gasteiger partial charge in [0, 0.05) is 0 Å². The first-order valence-corrected chi connectivity index (χ1v) is 21.3. The first kappa shape index (κ1) is 29.9. The molecule has 1 aliphatic heterocycles. The van der Waals surface area contributed by atoms with Crippen molar-refractivity contribution in [3.63, 3.8) is 0 Å². The third kappa shape index (κ3) is 5.58. The van der Waals surface area contributed by atoms with Crippen LogP contribution in [0.3, 0.4) is 0 Å². The zero-order chi connectivity index (χ0) is 31.1. The third-order valence-electron chi connectivity index (χ3n) is 9.44. The summed E-state index contributed by atoms with van der Waals surface area (Å²) in [6.07, 6.45) is 10.1. The summed E-state index contributed by atoms with van der Waals surface area (Å²) in [6, 6.07) is 67.3. The molecule has 0 aliphatic carbocycles. The van der Waals surface area contributed by atoms with Gasteiger partial charge in [0.05, 0.1) is 5.60 Å². The summed E-state index contributed by atoms with van der Waals surface area (Å²) in [4.78, 5) is 0. The summed E-state index contributed by atoms with van der Waals surface area (Å²) in [5.74, 6) is 0. The maximum absolute atomic E-state index is 8.23. The van der Waals surface area contributed by atoms with E-state index in [-0.39, 0.29) is 0 Å². The van der Waals surface area contributed by atoms with Crippen LogP contribution in [0.2, 0.25) is 6.04 Å². The zero-order valence-corrected chi connectivity index (χ0v) is 28.0. The number of hydrogen-bond acceptors (Lipinski definition) is 1. The molecule has 0 spiro atoms. The third-order valence-corrected chi connectivity index (χ3v) is 25.4. The highest BCUT2D eigenvalue weighted by molar-refractivity contribution is 7.57. The van der Waals surface area contributed by atoms with Gasteiger partial charge in [-0.15, -0.1) is 0 Å². The highest BCUT2D eigenvalue weighted by Gasteiger charge is 2.66. The summed E-state index contributed by atoms with van der Waals surface area (Å²) in [5.41, 5.74) is 1.72. The predicted octanol–water partition coefficient (Wildman–Crippen LogP) is 7.67. The SMILES string of the molecule is C(=CC1(C=Cc2ccccc2)CC[Si](c2ccccc2)(c2ccccc2)[Si](c2ccccc2)(c2ccccc2)O1)c1ccccc1. The molecule has 6 aromatic carbocycles. The lowest BCUT2D eigenvalue weighted by Gasteiger charge is -2.56. The molecule has 46 heavy (non-hydrogen) atoms. The first-order valence-electron chi connectivity index (χ1n) is 16.2. The lowest BCUT2D eigenvalue weighted by Crippen LogP contribution is -2.89. The lowest BCUT2D eigenvalue weighted by molar-refractivity contribution is 0.163. The highest BCUT2D eigenvalue weighted by Crippen LogP contribution is 2.41. The standard InChI is InChI=1S/C43H38OSi2/c1-7-19-37(20-8-1)31-33-43(34-32-38-21-9-2-10-22-38)35-36-45(39-23-11-3-12-24-39,40-25-13-4-14-26-40)46(44-43,41-27-15-5-16-28-41)42-29-17-6-18-30-42/h1-34H,35-36H2. The maximum atomic E-state index is 8.23. The van der Waals surface area contributed by atoms with Crippen molar-refractivity contribution in [2.24, 2.45) is 0 Å². The summed E-state index contributed by atoms with van der Waals surface area (Å²) >= 11 is 0. The van der Waals surface area contributed by atoms with Crippen molar-refractivity contribution in [1.82, 2.24) is 0 Å². The topological polar surface area (TPSA) is 9.23 Å². The Balaban J connectivity index is 1.55. The molecule has 7 rings (SSSR count). The summed E-state index contributed by atoms with van der Waals surface area (Å²) in [7, 11) is -5.72. The van der Waals surface area contributed by atoms with Crippen LogP contribution in [0.15, 0.2) is 194 Å². The quantitative estimate of drug-likeness (QED) is 0.158. The van der Waals surface area contributed by atoms with Crippen LogP contribution in [-0.2, 0) is 4.43 Å². The fourth-order valence-electron chi connectivity index (χ4n) is 7.31. The molecule has 1 fully saturated rings. The highest BCUT2D eigenvalue weighted by atomic mass is 29.3. The molecule has 0 radical (unpaired) electrons. The zero-order valence-electron chi connectivity index (χ0n) is 26.0. The van der Waals surface area contributed by atoms with Gasteiger partial charge in [0.2, 0.25) is 0 Å². The average Bonchev–Trinajstić information content (AvgIpc) is 3.15. The second-order valence-corrected chi connectivity index (χ2v) is 23.0. The van der Waals surface area contributed by atoms with Gasteiger partial charge in [-0.05, 0) is 46.1 Å². The minimum absolute atomic E-state index is 0.621. The van der Waals surface area contributed by atoms with Crippen molar-refractivity contribution in [3.05, 3.63) is 205 Å². The van der Waals surface area contributed by atoms with E-state index in [2.05, 4.69) is 206 Å². The maximum Gasteiger partial charge on any atom is 0.252 e. The molecule has 0 bridgehead atoms. The van der Waals surface area contributed by atoms with Gasteiger partial charge in [0.25, 0.3) is 7.83 Å². The van der Waals surface area contributed by atoms with Gasteiger partial charge in [-0.3, -0.25) is 0 Å². The van der Waals surface area contributed by atoms with Gasteiger partial charge in [0.1, 0.15) is 0 Å². The van der Waals surface area contributed by atoms with Crippen LogP contribution in [0.25, 0.3) is 12.2 Å². The molecule has 0 unspecified atom stereocenters. The predicted molar refractivity (Wildman–Crippen MR) is 200 cm³/mol. The van der Waals surface area contributed by atoms with Gasteiger partial charge in [-0.25, -0.2) is 0 Å². The molecular weight excluding hydrogens is 589 g/mol. The van der Waals surface area contributed by atoms with Crippen LogP contribution in [0.1, 0.15) is 17.5 Å². The molecule has 1 saturated heterocycles. The Morgan fingerprint density at radius 3 is 1.11 bits per heavy atom. The molecule has 224 valence electrons. The molecule has 6 aromatic rings. The molecule has 0 N–H and O–H groups in total. The van der Waals surface area contributed by atoms with E-state index in [9.17, 15) is 0 Å². The lowest BCUT2D eigenvalue weighted by atomic mass is 9.97. The Morgan fingerprint density at radius 1 is 0.413 bits per heavy atom. The number of hydrogen-bond donors (Lipinski definition) is 0. The van der Waals surface area contributed by atoms with E-state index in [1.807, 2.05) is 0 Å². The van der Waals surface area contributed by atoms with Crippen molar-refractivity contribution < 1.29 is 4.43 Å². The largest absolute Gasteiger partial charge is 0.398 e. The summed E-state index contributed by atoms with van der Waals surface area (Å²) in [5, 5.41) is 5.53. The minimum Gasteiger partial charge on any atom is -0.398 e. The van der Waals surface area contributed by atoms with Crippen LogP contribution < -0.4 is 20.7 Å². The summed E-state index contributed by atoms with van der Waals surface area (Å²) < 4.78 is 8.23. The smallest absolute Gasteiger partial charge is 0.252 e. The number of benzene rings is 6. The van der Waals surface area contributed by atoms with E-state index in [1.54, 1.807) is 0 Å². The van der Waals surface area contributed by atoms with Gasteiger partial charge >= 0.3 is 0 Å². The Kier molecular flexibility index (Phi) is 8.62. The Bertz CT molecular complexity index is 1760. The van der Waals surface area contributed by atoms with Crippen molar-refractivity contribution in [1.29, 1.82) is 0 Å². The van der Waals surface area contributed by atoms with Crippen LogP contribution in [0, 0.1) is 0 Å². The molecule has 0 saturated carbocycles. The Morgan fingerprint density at radius 2 is 0.739 bits per heavy atom. The minimum atomic E-state index is -3.07. The van der Waals surface area contributed by atoms with E-state index in [0.29, 0.717) is 0 Å². The van der Waals surface area contributed by atoms with Crippen molar-refractivity contribution in [3.8, 4) is 0 Å². The monoisotopic (exact) mass is 626 g/mol. The average molecular weight is 627 g/mol. The second kappa shape index (κ2) is 13.3. The van der Waals surface area contributed by atoms with Crippen LogP contribution >= 0.6 is 0 Å². The van der Waals surface area contributed by atoms with Crippen LogP contribution in [0.4, 0.5) is 0 Å². The molecule has 3 heteroatoms. The molecule has 1 nitrogen and oxygen atoms in total. The Labute approximate surface area is 275 Å². The molecule has 0 aromatic heterocycles. The van der Waals surface area contributed by atoms with Gasteiger partial charge in [0.15, 0.2) is 7.59 Å². The van der Waals surface area contributed by atoms with E-state index >= 15 is 0 Å². The van der Waals surface area contributed by atoms with E-state index in [0.717, 1.165) is 12.5 Å². The van der Waals surface area contributed by atoms with Crippen LogP contribution in [0.5, 0.6) is 0 Å². The normalized spacial score (nSPS) is 18.9. The summed E-state index contributed by atoms with van der Waals surface area (Å²) in [6.45, 7) is 0. The first-order chi connectivity index (χ1) is 22.7. The van der Waals surface area contributed by atoms with Gasteiger partial charge < -0.3 is 4.43 Å². The Hall–Kier alpha value is -4.81. The van der Waals surface area contributed by atoms with Crippen LogP contribution in [-0.4, -0.2) is 21.0 Å². The van der Waals surface area contributed by atoms with Crippen molar-refractivity contribution >= 4 is 48.3 Å². The van der Waals surface area contributed by atoms with E-state index in [4.69, 9.17) is 4.43 Å². The van der Waals surface area contributed by atoms with E-state index in [1.165, 1.54) is 31.9 Å². The fraction of sp³-hybridized carbons (Fsp3) is 0.0698. The number of rotatable bonds is 8. The molecule has 0 atom stereocenters. The molecule has 1 heterocycles. The second-order valence-electron chi connectivity index (χ2n) is 12.1. The van der Waals surface area contributed by atoms with Crippen molar-refractivity contribution in [2.45, 2.75) is 18.1 Å². The molecule has 1 aliphatic rings. The molecular formula is C43H38OSi2. The van der Waals surface area contributed by atoms with Gasteiger partial charge in [-0.1, -0.05) is 205 Å². The van der Waals surface area contributed by atoms with Crippen molar-refractivity contribution in [2.75, 3.05) is 0 Å². The molecule has 0 amide bonds. The van der Waals surface area contributed by atoms with E-state index < -0.39 is 21.0 Å². The van der Waals surface area contributed by atoms with Gasteiger partial charge in [-0.2, -0.15) is 0 Å².